The van der Waals surface area contributed by atoms with Crippen LogP contribution in [0.3, 0.4) is 0 Å². The molecule has 0 bridgehead atoms. The van der Waals surface area contributed by atoms with Gasteiger partial charge in [0.1, 0.15) is 6.10 Å². The van der Waals surface area contributed by atoms with Crippen LogP contribution in [0.2, 0.25) is 0 Å². The second-order valence-electron chi connectivity index (χ2n) is 5.39. The molecule has 0 spiro atoms. The molecule has 1 aromatic heterocycles. The van der Waals surface area contributed by atoms with Gasteiger partial charge >= 0.3 is 0 Å². The lowest BCUT2D eigenvalue weighted by Crippen LogP contribution is -2.05. The van der Waals surface area contributed by atoms with E-state index in [1.54, 1.807) is 0 Å². The number of aliphatic hydroxyl groups is 1. The Morgan fingerprint density at radius 3 is 2.33 bits per heavy atom. The average molecular weight is 277 g/mol. The number of aryl methyl sites for hydroxylation is 2. The third-order valence-corrected chi connectivity index (χ3v) is 3.92. The molecule has 21 heavy (non-hydrogen) atoms. The van der Waals surface area contributed by atoms with Gasteiger partial charge in [-0.2, -0.15) is 0 Å². The van der Waals surface area contributed by atoms with Gasteiger partial charge in [-0.3, -0.25) is 0 Å². The summed E-state index contributed by atoms with van der Waals surface area (Å²) in [4.78, 5) is 0. The lowest BCUT2D eigenvalue weighted by Gasteiger charge is -2.15. The SMILES string of the molecule is Cc1cc([C@@H](O)c2cccn2C)ccc1-c1ccccc1. The summed E-state index contributed by atoms with van der Waals surface area (Å²) in [6, 6.07) is 20.4. The van der Waals surface area contributed by atoms with Crippen LogP contribution in [0.25, 0.3) is 11.1 Å². The number of hydrogen-bond donors (Lipinski definition) is 1. The van der Waals surface area contributed by atoms with Crippen molar-refractivity contribution in [2.75, 3.05) is 0 Å². The van der Waals surface area contributed by atoms with E-state index < -0.39 is 6.10 Å². The van der Waals surface area contributed by atoms with Gasteiger partial charge in [0.2, 0.25) is 0 Å². The second-order valence-corrected chi connectivity index (χ2v) is 5.39. The van der Waals surface area contributed by atoms with Crippen molar-refractivity contribution in [3.8, 4) is 11.1 Å². The first-order chi connectivity index (χ1) is 10.2. The first-order valence-electron chi connectivity index (χ1n) is 7.12. The Morgan fingerprint density at radius 2 is 1.71 bits per heavy atom. The van der Waals surface area contributed by atoms with Crippen LogP contribution in [0.15, 0.2) is 66.9 Å². The number of aromatic nitrogens is 1. The Hall–Kier alpha value is -2.32. The standard InChI is InChI=1S/C19H19NO/c1-14-13-16(19(21)18-9-6-12-20(18)2)10-11-17(14)15-7-4-3-5-8-15/h3-13,19,21H,1-2H3/t19-/m1/s1. The van der Waals surface area contributed by atoms with Gasteiger partial charge < -0.3 is 9.67 Å². The largest absolute Gasteiger partial charge is 0.382 e. The van der Waals surface area contributed by atoms with Crippen LogP contribution in [0, 0.1) is 6.92 Å². The quantitative estimate of drug-likeness (QED) is 0.766. The van der Waals surface area contributed by atoms with E-state index in [0.29, 0.717) is 0 Å². The highest BCUT2D eigenvalue weighted by Gasteiger charge is 2.14. The smallest absolute Gasteiger partial charge is 0.119 e. The summed E-state index contributed by atoms with van der Waals surface area (Å²) in [6.07, 6.45) is 1.36. The van der Waals surface area contributed by atoms with Crippen molar-refractivity contribution in [1.29, 1.82) is 0 Å². The summed E-state index contributed by atoms with van der Waals surface area (Å²) < 4.78 is 1.95. The van der Waals surface area contributed by atoms with Crippen LogP contribution in [-0.4, -0.2) is 9.67 Å². The van der Waals surface area contributed by atoms with Crippen LogP contribution in [-0.2, 0) is 7.05 Å². The predicted molar refractivity (Wildman–Crippen MR) is 86.1 cm³/mol. The third-order valence-electron chi connectivity index (χ3n) is 3.92. The van der Waals surface area contributed by atoms with Gasteiger partial charge in [-0.15, -0.1) is 0 Å². The Morgan fingerprint density at radius 1 is 0.952 bits per heavy atom. The number of nitrogens with zero attached hydrogens (tertiary/aromatic N) is 1. The highest BCUT2D eigenvalue weighted by Crippen LogP contribution is 2.28. The third kappa shape index (κ3) is 2.63. The van der Waals surface area contributed by atoms with Crippen LogP contribution >= 0.6 is 0 Å². The molecule has 3 aromatic rings. The molecule has 2 heteroatoms. The summed E-state index contributed by atoms with van der Waals surface area (Å²) in [6.45, 7) is 2.09. The molecule has 1 heterocycles. The Bertz CT molecular complexity index is 743. The molecule has 0 saturated heterocycles. The van der Waals surface area contributed by atoms with E-state index in [4.69, 9.17) is 0 Å². The summed E-state index contributed by atoms with van der Waals surface area (Å²) in [5.74, 6) is 0. The fourth-order valence-corrected chi connectivity index (χ4v) is 2.73. The van der Waals surface area contributed by atoms with Crippen LogP contribution in [0.1, 0.15) is 22.9 Å². The fourth-order valence-electron chi connectivity index (χ4n) is 2.73. The summed E-state index contributed by atoms with van der Waals surface area (Å²) >= 11 is 0. The molecule has 0 radical (unpaired) electrons. The molecule has 1 N–H and O–H groups in total. The normalized spacial score (nSPS) is 12.3. The maximum Gasteiger partial charge on any atom is 0.119 e. The molecular weight excluding hydrogens is 258 g/mol. The van der Waals surface area contributed by atoms with Gasteiger partial charge in [-0.25, -0.2) is 0 Å². The van der Waals surface area contributed by atoms with Gasteiger partial charge in [0.25, 0.3) is 0 Å². The molecule has 0 aliphatic carbocycles. The lowest BCUT2D eigenvalue weighted by atomic mass is 9.96. The van der Waals surface area contributed by atoms with Crippen molar-refractivity contribution in [3.05, 3.63) is 83.7 Å². The van der Waals surface area contributed by atoms with E-state index in [-0.39, 0.29) is 0 Å². The second kappa shape index (κ2) is 5.58. The van der Waals surface area contributed by atoms with Crippen LogP contribution in [0.5, 0.6) is 0 Å². The summed E-state index contributed by atoms with van der Waals surface area (Å²) in [7, 11) is 1.95. The molecule has 0 aliphatic rings. The van der Waals surface area contributed by atoms with E-state index in [1.165, 1.54) is 16.7 Å². The predicted octanol–water partition coefficient (Wildman–Crippen LogP) is 4.08. The molecule has 3 rings (SSSR count). The monoisotopic (exact) mass is 277 g/mol. The lowest BCUT2D eigenvalue weighted by molar-refractivity contribution is 0.211. The molecule has 2 nitrogen and oxygen atoms in total. The minimum absolute atomic E-state index is 0.589. The van der Waals surface area contributed by atoms with E-state index in [2.05, 4.69) is 31.2 Å². The van der Waals surface area contributed by atoms with Gasteiger partial charge in [-0.1, -0.05) is 48.5 Å². The van der Waals surface area contributed by atoms with Gasteiger partial charge in [0, 0.05) is 13.2 Å². The van der Waals surface area contributed by atoms with Crippen molar-refractivity contribution >= 4 is 0 Å². The van der Waals surface area contributed by atoms with Gasteiger partial charge in [0.15, 0.2) is 0 Å². The highest BCUT2D eigenvalue weighted by atomic mass is 16.3. The summed E-state index contributed by atoms with van der Waals surface area (Å²) in [5, 5.41) is 10.5. The van der Waals surface area contributed by atoms with Crippen molar-refractivity contribution in [2.45, 2.75) is 13.0 Å². The zero-order valence-corrected chi connectivity index (χ0v) is 12.3. The molecule has 0 aliphatic heterocycles. The maximum atomic E-state index is 10.5. The number of hydrogen-bond acceptors (Lipinski definition) is 1. The molecule has 106 valence electrons. The van der Waals surface area contributed by atoms with Crippen molar-refractivity contribution in [3.63, 3.8) is 0 Å². The van der Waals surface area contributed by atoms with E-state index in [0.717, 1.165) is 11.3 Å². The highest BCUT2D eigenvalue weighted by molar-refractivity contribution is 5.67. The molecule has 0 unspecified atom stereocenters. The zero-order valence-electron chi connectivity index (χ0n) is 12.3. The Labute approximate surface area is 125 Å². The van der Waals surface area contributed by atoms with Crippen molar-refractivity contribution in [2.24, 2.45) is 7.05 Å². The van der Waals surface area contributed by atoms with Gasteiger partial charge in [0.05, 0.1) is 5.69 Å². The Kier molecular flexibility index (Phi) is 3.63. The minimum atomic E-state index is -0.589. The molecule has 0 fully saturated rings. The van der Waals surface area contributed by atoms with Crippen LogP contribution < -0.4 is 0 Å². The first-order valence-corrected chi connectivity index (χ1v) is 7.12. The number of benzene rings is 2. The first kappa shape index (κ1) is 13.7. The summed E-state index contributed by atoms with van der Waals surface area (Å²) in [5.41, 5.74) is 5.41. The van der Waals surface area contributed by atoms with Crippen molar-refractivity contribution < 1.29 is 5.11 Å². The molecule has 0 saturated carbocycles. The van der Waals surface area contributed by atoms with E-state index >= 15 is 0 Å². The maximum absolute atomic E-state index is 10.5. The molecule has 0 amide bonds. The Balaban J connectivity index is 1.97. The van der Waals surface area contributed by atoms with Gasteiger partial charge in [-0.05, 0) is 41.3 Å². The van der Waals surface area contributed by atoms with E-state index in [1.807, 2.05) is 54.2 Å². The number of rotatable bonds is 3. The molecule has 1 atom stereocenters. The van der Waals surface area contributed by atoms with Crippen molar-refractivity contribution in [1.82, 2.24) is 4.57 Å². The fraction of sp³-hybridized carbons (Fsp3) is 0.158. The minimum Gasteiger partial charge on any atom is -0.382 e. The topological polar surface area (TPSA) is 25.2 Å². The molecule has 2 aromatic carbocycles. The zero-order chi connectivity index (χ0) is 14.8. The average Bonchev–Trinajstić information content (AvgIpc) is 2.93. The van der Waals surface area contributed by atoms with Crippen LogP contribution in [0.4, 0.5) is 0 Å². The van der Waals surface area contributed by atoms with E-state index in [9.17, 15) is 5.11 Å². The molecular formula is C19H19NO. The number of aliphatic hydroxyl groups excluding tert-OH is 1.